The molecule has 0 radical (unpaired) electrons. The number of ether oxygens (including phenoxy) is 1. The van der Waals surface area contributed by atoms with Crippen molar-refractivity contribution in [1.82, 2.24) is 0 Å². The lowest BCUT2D eigenvalue weighted by Gasteiger charge is -2.16. The zero-order chi connectivity index (χ0) is 23.2. The quantitative estimate of drug-likeness (QED) is 0.267. The van der Waals surface area contributed by atoms with E-state index in [9.17, 15) is 0 Å². The van der Waals surface area contributed by atoms with Crippen LogP contribution >= 0.6 is 0 Å². The van der Waals surface area contributed by atoms with Gasteiger partial charge in [-0.3, -0.25) is 0 Å². The molecule has 0 aromatic heterocycles. The normalized spacial score (nSPS) is 11.4. The first kappa shape index (κ1) is 20.5. The van der Waals surface area contributed by atoms with E-state index in [2.05, 4.69) is 124 Å². The Bertz CT molecular complexity index is 1710. The van der Waals surface area contributed by atoms with Crippen molar-refractivity contribution in [2.75, 3.05) is 0 Å². The van der Waals surface area contributed by atoms with Crippen molar-refractivity contribution in [3.8, 4) is 22.6 Å². The van der Waals surface area contributed by atoms with Gasteiger partial charge >= 0.3 is 0 Å². The number of aryl methyl sites for hydroxylation is 3. The molecule has 164 valence electrons. The summed E-state index contributed by atoms with van der Waals surface area (Å²) in [6.07, 6.45) is 0. The molecule has 0 N–H and O–H groups in total. The van der Waals surface area contributed by atoms with Crippen LogP contribution in [0.15, 0.2) is 103 Å². The van der Waals surface area contributed by atoms with Gasteiger partial charge in [0.15, 0.2) is 0 Å². The SMILES string of the molecule is Cc1ccc2c(-c3c(C)ccc4c(Oc5ccc6c(C)cccc6c5)cccc34)cccc2c1. The Morgan fingerprint density at radius 1 is 0.500 bits per heavy atom. The third-order valence-electron chi connectivity index (χ3n) is 6.83. The summed E-state index contributed by atoms with van der Waals surface area (Å²) in [6, 6.07) is 36.8. The number of hydrogen-bond donors (Lipinski definition) is 0. The molecule has 6 aromatic carbocycles. The second-order valence-electron chi connectivity index (χ2n) is 9.20. The van der Waals surface area contributed by atoms with E-state index in [1.54, 1.807) is 0 Å². The van der Waals surface area contributed by atoms with E-state index in [0.717, 1.165) is 16.9 Å². The maximum atomic E-state index is 6.47. The Kier molecular flexibility index (Phi) is 4.85. The van der Waals surface area contributed by atoms with Crippen LogP contribution < -0.4 is 4.74 Å². The van der Waals surface area contributed by atoms with Crippen molar-refractivity contribution in [2.45, 2.75) is 20.8 Å². The lowest BCUT2D eigenvalue weighted by atomic mass is 9.90. The summed E-state index contributed by atoms with van der Waals surface area (Å²) in [5.41, 5.74) is 6.35. The predicted molar refractivity (Wildman–Crippen MR) is 145 cm³/mol. The van der Waals surface area contributed by atoms with Gasteiger partial charge in [-0.1, -0.05) is 90.5 Å². The van der Waals surface area contributed by atoms with E-state index in [4.69, 9.17) is 4.74 Å². The van der Waals surface area contributed by atoms with Crippen LogP contribution in [0.5, 0.6) is 11.5 Å². The average molecular weight is 439 g/mol. The van der Waals surface area contributed by atoms with Gasteiger partial charge in [0.25, 0.3) is 0 Å². The fraction of sp³-hybridized carbons (Fsp3) is 0.0909. The molecule has 34 heavy (non-hydrogen) atoms. The van der Waals surface area contributed by atoms with Crippen LogP contribution in [0.1, 0.15) is 16.7 Å². The molecular weight excluding hydrogens is 412 g/mol. The zero-order valence-corrected chi connectivity index (χ0v) is 19.7. The van der Waals surface area contributed by atoms with Crippen molar-refractivity contribution in [3.63, 3.8) is 0 Å². The lowest BCUT2D eigenvalue weighted by molar-refractivity contribution is 0.489. The van der Waals surface area contributed by atoms with Crippen molar-refractivity contribution < 1.29 is 4.74 Å². The van der Waals surface area contributed by atoms with Gasteiger partial charge in [-0.2, -0.15) is 0 Å². The molecule has 1 nitrogen and oxygen atoms in total. The summed E-state index contributed by atoms with van der Waals surface area (Å²) >= 11 is 0. The summed E-state index contributed by atoms with van der Waals surface area (Å²) in [6.45, 7) is 6.49. The van der Waals surface area contributed by atoms with Crippen molar-refractivity contribution in [2.24, 2.45) is 0 Å². The van der Waals surface area contributed by atoms with Crippen LogP contribution in [0.2, 0.25) is 0 Å². The second-order valence-corrected chi connectivity index (χ2v) is 9.20. The monoisotopic (exact) mass is 438 g/mol. The number of rotatable bonds is 3. The van der Waals surface area contributed by atoms with Crippen LogP contribution in [-0.4, -0.2) is 0 Å². The third-order valence-corrected chi connectivity index (χ3v) is 6.83. The van der Waals surface area contributed by atoms with Crippen LogP contribution in [0, 0.1) is 20.8 Å². The van der Waals surface area contributed by atoms with Crippen LogP contribution in [0.25, 0.3) is 43.4 Å². The van der Waals surface area contributed by atoms with Gasteiger partial charge in [-0.15, -0.1) is 0 Å². The Labute approximate surface area is 200 Å². The summed E-state index contributed by atoms with van der Waals surface area (Å²) in [7, 11) is 0. The van der Waals surface area contributed by atoms with E-state index in [0.29, 0.717) is 0 Å². The third kappa shape index (κ3) is 3.41. The minimum absolute atomic E-state index is 0.855. The molecule has 0 aliphatic heterocycles. The molecule has 0 aliphatic carbocycles. The van der Waals surface area contributed by atoms with Crippen LogP contribution in [-0.2, 0) is 0 Å². The van der Waals surface area contributed by atoms with Gasteiger partial charge in [0, 0.05) is 5.39 Å². The highest BCUT2D eigenvalue weighted by molar-refractivity contribution is 6.08. The maximum Gasteiger partial charge on any atom is 0.135 e. The molecule has 6 rings (SSSR count). The molecule has 0 saturated heterocycles. The highest BCUT2D eigenvalue weighted by atomic mass is 16.5. The van der Waals surface area contributed by atoms with Gasteiger partial charge in [0.05, 0.1) is 0 Å². The van der Waals surface area contributed by atoms with Crippen LogP contribution in [0.4, 0.5) is 0 Å². The molecule has 0 fully saturated rings. The Morgan fingerprint density at radius 2 is 1.24 bits per heavy atom. The average Bonchev–Trinajstić information content (AvgIpc) is 2.84. The van der Waals surface area contributed by atoms with Gasteiger partial charge in [-0.25, -0.2) is 0 Å². The zero-order valence-electron chi connectivity index (χ0n) is 19.7. The summed E-state index contributed by atoms with van der Waals surface area (Å²) < 4.78 is 6.47. The van der Waals surface area contributed by atoms with E-state index in [1.807, 2.05) is 0 Å². The molecule has 6 aromatic rings. The first-order chi connectivity index (χ1) is 16.6. The fourth-order valence-electron chi connectivity index (χ4n) is 5.12. The van der Waals surface area contributed by atoms with E-state index in [-0.39, 0.29) is 0 Å². The molecule has 0 aliphatic rings. The van der Waals surface area contributed by atoms with Crippen molar-refractivity contribution in [3.05, 3.63) is 120 Å². The number of hydrogen-bond acceptors (Lipinski definition) is 1. The first-order valence-electron chi connectivity index (χ1n) is 11.8. The molecule has 0 unspecified atom stereocenters. The fourth-order valence-corrected chi connectivity index (χ4v) is 5.12. The summed E-state index contributed by atoms with van der Waals surface area (Å²) in [4.78, 5) is 0. The van der Waals surface area contributed by atoms with E-state index < -0.39 is 0 Å². The Hall–Kier alpha value is -4.10. The molecule has 1 heteroatoms. The molecule has 0 heterocycles. The maximum absolute atomic E-state index is 6.47. The van der Waals surface area contributed by atoms with E-state index in [1.165, 1.54) is 54.7 Å². The lowest BCUT2D eigenvalue weighted by Crippen LogP contribution is -1.91. The highest BCUT2D eigenvalue weighted by Gasteiger charge is 2.14. The summed E-state index contributed by atoms with van der Waals surface area (Å²) in [5.74, 6) is 1.73. The topological polar surface area (TPSA) is 9.23 Å². The Morgan fingerprint density at radius 3 is 2.12 bits per heavy atom. The van der Waals surface area contributed by atoms with Crippen molar-refractivity contribution >= 4 is 32.3 Å². The standard InChI is InChI=1S/C33H26O/c1-21-13-16-28-24(19-21)9-5-10-30(28)33-23(3)14-17-29-31(33)11-6-12-32(29)34-26-15-18-27-22(2)7-4-8-25(27)20-26/h4-20H,1-3H3. The molecule has 0 amide bonds. The minimum Gasteiger partial charge on any atom is -0.457 e. The molecular formula is C33H26O. The van der Waals surface area contributed by atoms with Crippen LogP contribution in [0.3, 0.4) is 0 Å². The molecule has 0 atom stereocenters. The molecule has 0 bridgehead atoms. The molecule has 0 spiro atoms. The number of fused-ring (bicyclic) bond motifs is 3. The predicted octanol–water partition coefficient (Wildman–Crippen LogP) is 9.53. The van der Waals surface area contributed by atoms with E-state index >= 15 is 0 Å². The van der Waals surface area contributed by atoms with Gasteiger partial charge in [-0.05, 0) is 88.2 Å². The second kappa shape index (κ2) is 8.04. The number of benzene rings is 6. The summed E-state index contributed by atoms with van der Waals surface area (Å²) in [5, 5.41) is 7.34. The Balaban J connectivity index is 1.52. The van der Waals surface area contributed by atoms with Gasteiger partial charge in [0.1, 0.15) is 11.5 Å². The van der Waals surface area contributed by atoms with Crippen molar-refractivity contribution in [1.29, 1.82) is 0 Å². The highest BCUT2D eigenvalue weighted by Crippen LogP contribution is 2.40. The largest absolute Gasteiger partial charge is 0.457 e. The van der Waals surface area contributed by atoms with Gasteiger partial charge < -0.3 is 4.74 Å². The smallest absolute Gasteiger partial charge is 0.135 e. The first-order valence-corrected chi connectivity index (χ1v) is 11.8. The van der Waals surface area contributed by atoms with Gasteiger partial charge in [0.2, 0.25) is 0 Å². The molecule has 0 saturated carbocycles. The minimum atomic E-state index is 0.855.